The smallest absolute Gasteiger partial charge is 0.161 e. The van der Waals surface area contributed by atoms with Crippen LogP contribution in [0, 0.1) is 0 Å². The van der Waals surface area contributed by atoms with Gasteiger partial charge in [0.2, 0.25) is 0 Å². The van der Waals surface area contributed by atoms with Crippen LogP contribution in [-0.2, 0) is 6.42 Å². The monoisotopic (exact) mass is 422 g/mol. The number of aromatic hydroxyl groups is 1. The molecule has 2 atom stereocenters. The Bertz CT molecular complexity index is 532. The highest BCUT2D eigenvalue weighted by atomic mass is 16.5. The van der Waals surface area contributed by atoms with E-state index in [0.29, 0.717) is 31.6 Å². The lowest BCUT2D eigenvalue weighted by Crippen LogP contribution is -2.18. The summed E-state index contributed by atoms with van der Waals surface area (Å²) in [5.41, 5.74) is 1.03. The van der Waals surface area contributed by atoms with Crippen LogP contribution in [0.3, 0.4) is 0 Å². The fraction of sp³-hybridized carbons (Fsp3) is 0.769. The molecule has 1 rings (SSSR count). The summed E-state index contributed by atoms with van der Waals surface area (Å²) in [6.07, 6.45) is 15.1. The molecule has 3 N–H and O–H groups in total. The van der Waals surface area contributed by atoms with E-state index in [1.54, 1.807) is 6.07 Å². The molecule has 0 amide bonds. The number of phenolic OH excluding ortho intramolecular Hbond substituents is 1. The highest BCUT2D eigenvalue weighted by molar-refractivity contribution is 5.41. The topological polar surface area (TPSA) is 69.9 Å². The van der Waals surface area contributed by atoms with Crippen molar-refractivity contribution in [2.24, 2.45) is 0 Å². The number of phenols is 1. The molecule has 0 fully saturated rings. The van der Waals surface area contributed by atoms with Crippen molar-refractivity contribution in [2.75, 3.05) is 6.61 Å². The third-order valence-corrected chi connectivity index (χ3v) is 5.73. The summed E-state index contributed by atoms with van der Waals surface area (Å²) < 4.78 is 5.63. The maximum Gasteiger partial charge on any atom is 0.161 e. The van der Waals surface area contributed by atoms with Crippen molar-refractivity contribution in [1.82, 2.24) is 0 Å². The molecule has 0 saturated heterocycles. The molecule has 0 spiro atoms. The Labute approximate surface area is 184 Å². The van der Waals surface area contributed by atoms with Gasteiger partial charge in [0.15, 0.2) is 11.5 Å². The first kappa shape index (κ1) is 26.8. The first-order chi connectivity index (χ1) is 14.6. The Morgan fingerprint density at radius 1 is 0.767 bits per heavy atom. The molecule has 0 aliphatic carbocycles. The number of aryl methyl sites for hydroxylation is 1. The second-order valence-corrected chi connectivity index (χ2v) is 8.70. The lowest BCUT2D eigenvalue weighted by molar-refractivity contribution is 0.0697. The van der Waals surface area contributed by atoms with Crippen molar-refractivity contribution in [3.05, 3.63) is 23.8 Å². The lowest BCUT2D eigenvalue weighted by atomic mass is 9.99. The predicted molar refractivity (Wildman–Crippen MR) is 125 cm³/mol. The van der Waals surface area contributed by atoms with E-state index in [9.17, 15) is 15.3 Å². The number of benzene rings is 1. The summed E-state index contributed by atoms with van der Waals surface area (Å²) in [5.74, 6) is 0.674. The first-order valence-corrected chi connectivity index (χ1v) is 12.4. The fourth-order valence-corrected chi connectivity index (χ4v) is 3.73. The van der Waals surface area contributed by atoms with Crippen molar-refractivity contribution >= 4 is 0 Å². The van der Waals surface area contributed by atoms with Gasteiger partial charge in [0, 0.05) is 0 Å². The second-order valence-electron chi connectivity index (χ2n) is 8.70. The van der Waals surface area contributed by atoms with Gasteiger partial charge in [-0.3, -0.25) is 0 Å². The maximum absolute atomic E-state index is 10.3. The van der Waals surface area contributed by atoms with Crippen LogP contribution in [0.15, 0.2) is 18.2 Å². The number of aliphatic hydroxyl groups is 2. The van der Waals surface area contributed by atoms with Gasteiger partial charge in [-0.05, 0) is 49.8 Å². The number of unbranched alkanes of at least 4 members (excludes halogenated alkanes) is 9. The molecule has 4 nitrogen and oxygen atoms in total. The molecule has 1 aromatic rings. The van der Waals surface area contributed by atoms with Gasteiger partial charge < -0.3 is 20.1 Å². The van der Waals surface area contributed by atoms with E-state index in [4.69, 9.17) is 4.74 Å². The minimum Gasteiger partial charge on any atom is -0.504 e. The summed E-state index contributed by atoms with van der Waals surface area (Å²) in [5, 5.41) is 30.4. The summed E-state index contributed by atoms with van der Waals surface area (Å²) in [6.45, 7) is 4.95. The number of hydrogen-bond acceptors (Lipinski definition) is 4. The van der Waals surface area contributed by atoms with Crippen LogP contribution in [0.1, 0.15) is 109 Å². The van der Waals surface area contributed by atoms with Crippen molar-refractivity contribution in [1.29, 1.82) is 0 Å². The normalized spacial score (nSPS) is 13.3. The van der Waals surface area contributed by atoms with Gasteiger partial charge in [-0.15, -0.1) is 0 Å². The van der Waals surface area contributed by atoms with Crippen LogP contribution in [0.5, 0.6) is 11.5 Å². The number of hydrogen-bond donors (Lipinski definition) is 3. The van der Waals surface area contributed by atoms with Crippen LogP contribution in [0.2, 0.25) is 0 Å². The first-order valence-electron chi connectivity index (χ1n) is 12.4. The van der Waals surface area contributed by atoms with E-state index in [0.717, 1.165) is 31.2 Å². The van der Waals surface area contributed by atoms with Crippen molar-refractivity contribution in [2.45, 2.75) is 122 Å². The largest absolute Gasteiger partial charge is 0.504 e. The van der Waals surface area contributed by atoms with E-state index >= 15 is 0 Å². The fourth-order valence-electron chi connectivity index (χ4n) is 3.73. The van der Waals surface area contributed by atoms with Gasteiger partial charge in [0.1, 0.15) is 0 Å². The second kappa shape index (κ2) is 17.4. The SMILES string of the molecule is CCCCCCCCCCCC(O)CC(O)CCc1ccc(O)c(OCCCC)c1. The maximum atomic E-state index is 10.3. The van der Waals surface area contributed by atoms with Crippen molar-refractivity contribution < 1.29 is 20.1 Å². The van der Waals surface area contributed by atoms with E-state index in [1.165, 1.54) is 51.4 Å². The summed E-state index contributed by atoms with van der Waals surface area (Å²) >= 11 is 0. The molecule has 0 heterocycles. The molecule has 0 radical (unpaired) electrons. The molecule has 30 heavy (non-hydrogen) atoms. The predicted octanol–water partition coefficient (Wildman–Crippen LogP) is 6.54. The Morgan fingerprint density at radius 3 is 2.03 bits per heavy atom. The standard InChI is InChI=1S/C26H46O4/c1-3-5-7-8-9-10-11-12-13-14-23(27)21-24(28)17-15-22-16-18-25(29)26(20-22)30-19-6-4-2/h16,18,20,23-24,27-29H,3-15,17,19,21H2,1-2H3. The molecule has 2 unspecified atom stereocenters. The quantitative estimate of drug-likeness (QED) is 0.221. The zero-order valence-electron chi connectivity index (χ0n) is 19.5. The van der Waals surface area contributed by atoms with Crippen molar-refractivity contribution in [3.8, 4) is 11.5 Å². The Hall–Kier alpha value is -1.26. The third kappa shape index (κ3) is 13.1. The third-order valence-electron chi connectivity index (χ3n) is 5.73. The average molecular weight is 423 g/mol. The minimum absolute atomic E-state index is 0.159. The molecule has 0 aromatic heterocycles. The molecule has 4 heteroatoms. The van der Waals surface area contributed by atoms with E-state index in [-0.39, 0.29) is 5.75 Å². The van der Waals surface area contributed by atoms with E-state index in [1.807, 2.05) is 12.1 Å². The lowest BCUT2D eigenvalue weighted by Gasteiger charge is -2.16. The number of aliphatic hydroxyl groups excluding tert-OH is 2. The van der Waals surface area contributed by atoms with Crippen LogP contribution in [-0.4, -0.2) is 34.1 Å². The van der Waals surface area contributed by atoms with Gasteiger partial charge in [-0.25, -0.2) is 0 Å². The zero-order valence-corrected chi connectivity index (χ0v) is 19.5. The highest BCUT2D eigenvalue weighted by Gasteiger charge is 2.13. The van der Waals surface area contributed by atoms with Crippen LogP contribution in [0.4, 0.5) is 0 Å². The summed E-state index contributed by atoms with van der Waals surface area (Å²) in [7, 11) is 0. The Morgan fingerprint density at radius 2 is 1.37 bits per heavy atom. The Balaban J connectivity index is 2.15. The Kier molecular flexibility index (Phi) is 15.6. The van der Waals surface area contributed by atoms with Crippen LogP contribution >= 0.6 is 0 Å². The highest BCUT2D eigenvalue weighted by Crippen LogP contribution is 2.28. The average Bonchev–Trinajstić information content (AvgIpc) is 2.73. The molecule has 0 aliphatic heterocycles. The molecule has 174 valence electrons. The number of rotatable bonds is 19. The number of ether oxygens (including phenoxy) is 1. The van der Waals surface area contributed by atoms with Crippen LogP contribution < -0.4 is 4.74 Å². The molecule has 0 saturated carbocycles. The van der Waals surface area contributed by atoms with Gasteiger partial charge in [-0.1, -0.05) is 84.1 Å². The van der Waals surface area contributed by atoms with E-state index < -0.39 is 12.2 Å². The zero-order chi connectivity index (χ0) is 22.0. The summed E-state index contributed by atoms with van der Waals surface area (Å²) in [4.78, 5) is 0. The molecule has 1 aromatic carbocycles. The molecular formula is C26H46O4. The molecule has 0 aliphatic rings. The molecule has 0 bridgehead atoms. The van der Waals surface area contributed by atoms with E-state index in [2.05, 4.69) is 13.8 Å². The summed E-state index contributed by atoms with van der Waals surface area (Å²) in [6, 6.07) is 5.38. The van der Waals surface area contributed by atoms with Crippen molar-refractivity contribution in [3.63, 3.8) is 0 Å². The molecular weight excluding hydrogens is 376 g/mol. The van der Waals surface area contributed by atoms with Gasteiger partial charge in [0.25, 0.3) is 0 Å². The van der Waals surface area contributed by atoms with Gasteiger partial charge in [0.05, 0.1) is 18.8 Å². The minimum atomic E-state index is -0.503. The van der Waals surface area contributed by atoms with Gasteiger partial charge >= 0.3 is 0 Å². The van der Waals surface area contributed by atoms with Crippen LogP contribution in [0.25, 0.3) is 0 Å². The van der Waals surface area contributed by atoms with Gasteiger partial charge in [-0.2, -0.15) is 0 Å².